The molecule has 3 aromatic carbocycles. The second kappa shape index (κ2) is 5.85. The highest BCUT2D eigenvalue weighted by Crippen LogP contribution is 2.24. The third kappa shape index (κ3) is 2.28. The van der Waals surface area contributed by atoms with E-state index in [1.807, 2.05) is 0 Å². The molecule has 28 heavy (non-hydrogen) atoms. The van der Waals surface area contributed by atoms with Crippen LogP contribution in [0, 0.1) is 0 Å². The van der Waals surface area contributed by atoms with E-state index in [-0.39, 0.29) is 10.9 Å². The molecule has 0 saturated heterocycles. The van der Waals surface area contributed by atoms with Crippen molar-refractivity contribution in [2.24, 2.45) is 0 Å². The predicted octanol–water partition coefficient (Wildman–Crippen LogP) is 3.69. The van der Waals surface area contributed by atoms with Gasteiger partial charge >= 0.3 is 0 Å². The van der Waals surface area contributed by atoms with Crippen LogP contribution >= 0.6 is 0 Å². The van der Waals surface area contributed by atoms with Crippen molar-refractivity contribution < 1.29 is 9.47 Å². The second-order valence-electron chi connectivity index (χ2n) is 6.67. The molecule has 0 radical (unpaired) electrons. The lowest BCUT2D eigenvalue weighted by Crippen LogP contribution is -2.08. The van der Waals surface area contributed by atoms with Crippen LogP contribution < -0.4 is 20.3 Å². The fourth-order valence-electron chi connectivity index (χ4n) is 3.67. The zero-order valence-corrected chi connectivity index (χ0v) is 15.3. The number of hydrogen-bond acceptors (Lipinski definition) is 4. The average Bonchev–Trinajstić information content (AvgIpc) is 2.72. The maximum absolute atomic E-state index is 13.0. The molecule has 2 aromatic heterocycles. The maximum Gasteiger partial charge on any atom is 0.197 e. The van der Waals surface area contributed by atoms with Crippen LogP contribution in [0.25, 0.3) is 43.6 Å². The van der Waals surface area contributed by atoms with E-state index in [4.69, 9.17) is 9.47 Å². The van der Waals surface area contributed by atoms with Gasteiger partial charge in [0, 0.05) is 33.7 Å². The molecule has 0 atom stereocenters. The van der Waals surface area contributed by atoms with Crippen molar-refractivity contribution in [3.05, 3.63) is 69.0 Å². The van der Waals surface area contributed by atoms with Crippen molar-refractivity contribution >= 4 is 43.6 Å². The first kappa shape index (κ1) is 16.4. The van der Waals surface area contributed by atoms with Crippen LogP contribution in [0.5, 0.6) is 11.5 Å². The Bertz CT molecular complexity index is 1410. The molecule has 6 nitrogen and oxygen atoms in total. The largest absolute Gasteiger partial charge is 0.497 e. The first-order valence-corrected chi connectivity index (χ1v) is 8.76. The van der Waals surface area contributed by atoms with Crippen molar-refractivity contribution in [1.82, 2.24) is 9.97 Å². The lowest BCUT2D eigenvalue weighted by Gasteiger charge is -2.08. The van der Waals surface area contributed by atoms with Crippen molar-refractivity contribution in [2.45, 2.75) is 0 Å². The first-order chi connectivity index (χ1) is 13.6. The number of rotatable bonds is 2. The first-order valence-electron chi connectivity index (χ1n) is 8.76. The van der Waals surface area contributed by atoms with Crippen LogP contribution in [0.4, 0.5) is 0 Å². The molecule has 5 aromatic rings. The molecule has 6 heteroatoms. The van der Waals surface area contributed by atoms with Crippen LogP contribution in [0.3, 0.4) is 0 Å². The normalized spacial score (nSPS) is 11.5. The van der Waals surface area contributed by atoms with E-state index >= 15 is 0 Å². The molecule has 0 aliphatic rings. The Morgan fingerprint density at radius 3 is 1.36 bits per heavy atom. The number of fused-ring (bicyclic) bond motifs is 4. The summed E-state index contributed by atoms with van der Waals surface area (Å²) in [5.41, 5.74) is 2.35. The zero-order valence-electron chi connectivity index (χ0n) is 15.3. The monoisotopic (exact) mass is 372 g/mol. The van der Waals surface area contributed by atoms with E-state index in [1.54, 1.807) is 62.8 Å². The molecule has 0 saturated carbocycles. The van der Waals surface area contributed by atoms with Gasteiger partial charge in [-0.2, -0.15) is 0 Å². The summed E-state index contributed by atoms with van der Waals surface area (Å²) in [7, 11) is 3.15. The minimum Gasteiger partial charge on any atom is -0.497 e. The summed E-state index contributed by atoms with van der Waals surface area (Å²) in [5.74, 6) is 1.31. The fourth-order valence-corrected chi connectivity index (χ4v) is 3.67. The average molecular weight is 372 g/mol. The molecule has 138 valence electrons. The van der Waals surface area contributed by atoms with E-state index < -0.39 is 0 Å². The van der Waals surface area contributed by atoms with Gasteiger partial charge in [-0.3, -0.25) is 9.59 Å². The van der Waals surface area contributed by atoms with E-state index in [9.17, 15) is 9.59 Å². The molecular weight excluding hydrogens is 356 g/mol. The van der Waals surface area contributed by atoms with Gasteiger partial charge in [0.2, 0.25) is 0 Å². The van der Waals surface area contributed by atoms with Gasteiger partial charge in [-0.15, -0.1) is 0 Å². The summed E-state index contributed by atoms with van der Waals surface area (Å²) in [6.45, 7) is 0. The summed E-state index contributed by atoms with van der Waals surface area (Å²) in [6, 6.07) is 14.0. The van der Waals surface area contributed by atoms with Crippen LogP contribution in [0.1, 0.15) is 0 Å². The Morgan fingerprint density at radius 1 is 0.571 bits per heavy atom. The molecular formula is C22H16N2O4. The molecule has 2 heterocycles. The third-order valence-corrected chi connectivity index (χ3v) is 5.13. The van der Waals surface area contributed by atoms with Gasteiger partial charge in [-0.25, -0.2) is 0 Å². The summed E-state index contributed by atoms with van der Waals surface area (Å²) in [4.78, 5) is 32.5. The van der Waals surface area contributed by atoms with Crippen LogP contribution in [-0.2, 0) is 0 Å². The van der Waals surface area contributed by atoms with Gasteiger partial charge in [0.05, 0.1) is 36.3 Å². The van der Waals surface area contributed by atoms with E-state index in [0.29, 0.717) is 55.1 Å². The Hall–Kier alpha value is -3.80. The standard InChI is InChI=1S/C22H16N2O4/c1-27-11-3-5-13-17(7-11)23-19-9-16-20(10-15(19)21(13)25)24-18-8-12(28-2)4-6-14(18)22(16)26/h3-10H,1-2H3,(H,23,25)(H,24,26). The summed E-state index contributed by atoms with van der Waals surface area (Å²) < 4.78 is 10.5. The molecule has 5 rings (SSSR count). The molecule has 0 unspecified atom stereocenters. The molecule has 0 amide bonds. The minimum absolute atomic E-state index is 0.0973. The Morgan fingerprint density at radius 2 is 0.964 bits per heavy atom. The molecule has 0 spiro atoms. The number of aromatic nitrogens is 2. The van der Waals surface area contributed by atoms with Crippen molar-refractivity contribution in [1.29, 1.82) is 0 Å². The van der Waals surface area contributed by atoms with Crippen molar-refractivity contribution in [3.63, 3.8) is 0 Å². The second-order valence-corrected chi connectivity index (χ2v) is 6.67. The van der Waals surface area contributed by atoms with E-state index in [0.717, 1.165) is 0 Å². The third-order valence-electron chi connectivity index (χ3n) is 5.13. The van der Waals surface area contributed by atoms with Crippen LogP contribution in [0.15, 0.2) is 58.1 Å². The lowest BCUT2D eigenvalue weighted by molar-refractivity contribution is 0.415. The molecule has 0 bridgehead atoms. The quantitative estimate of drug-likeness (QED) is 0.463. The number of methoxy groups -OCH3 is 2. The Balaban J connectivity index is 1.92. The molecule has 2 N–H and O–H groups in total. The molecule has 0 aliphatic heterocycles. The van der Waals surface area contributed by atoms with Crippen molar-refractivity contribution in [3.8, 4) is 11.5 Å². The van der Waals surface area contributed by atoms with Gasteiger partial charge in [-0.1, -0.05) is 0 Å². The number of H-pyrrole nitrogens is 2. The van der Waals surface area contributed by atoms with Gasteiger partial charge in [0.15, 0.2) is 10.9 Å². The molecule has 0 fully saturated rings. The maximum atomic E-state index is 13.0. The van der Waals surface area contributed by atoms with E-state index in [2.05, 4.69) is 9.97 Å². The molecule has 0 aliphatic carbocycles. The van der Waals surface area contributed by atoms with Gasteiger partial charge in [0.1, 0.15) is 11.5 Å². The lowest BCUT2D eigenvalue weighted by atomic mass is 10.1. The highest BCUT2D eigenvalue weighted by Gasteiger charge is 2.12. The highest BCUT2D eigenvalue weighted by molar-refractivity contribution is 6.02. The number of ether oxygens (including phenoxy) is 2. The van der Waals surface area contributed by atoms with Crippen molar-refractivity contribution in [2.75, 3.05) is 14.2 Å². The smallest absolute Gasteiger partial charge is 0.197 e. The van der Waals surface area contributed by atoms with Gasteiger partial charge < -0.3 is 19.4 Å². The van der Waals surface area contributed by atoms with Crippen LogP contribution in [0.2, 0.25) is 0 Å². The summed E-state index contributed by atoms with van der Waals surface area (Å²) in [5, 5.41) is 2.17. The Labute approximate surface area is 158 Å². The predicted molar refractivity (Wildman–Crippen MR) is 111 cm³/mol. The topological polar surface area (TPSA) is 84.2 Å². The van der Waals surface area contributed by atoms with E-state index in [1.165, 1.54) is 0 Å². The number of pyridine rings is 2. The fraction of sp³-hybridized carbons (Fsp3) is 0.0909. The number of nitrogens with one attached hydrogen (secondary N) is 2. The zero-order chi connectivity index (χ0) is 19.4. The summed E-state index contributed by atoms with van der Waals surface area (Å²) in [6.07, 6.45) is 0. The van der Waals surface area contributed by atoms with Crippen LogP contribution in [-0.4, -0.2) is 24.2 Å². The summed E-state index contributed by atoms with van der Waals surface area (Å²) >= 11 is 0. The van der Waals surface area contributed by atoms with Gasteiger partial charge in [0.25, 0.3) is 0 Å². The SMILES string of the molecule is COc1ccc2c(=O)c3cc4[nH]c5cc(OC)ccc5c(=O)c4cc3[nH]c2c1. The Kier molecular flexibility index (Phi) is 3.42. The number of hydrogen-bond donors (Lipinski definition) is 2. The number of aromatic amines is 2. The minimum atomic E-state index is -0.0973. The number of benzene rings is 3. The van der Waals surface area contributed by atoms with Gasteiger partial charge in [-0.05, 0) is 36.4 Å². The highest BCUT2D eigenvalue weighted by atomic mass is 16.5.